The summed E-state index contributed by atoms with van der Waals surface area (Å²) in [5.41, 5.74) is 3.46. The van der Waals surface area contributed by atoms with E-state index in [4.69, 9.17) is 16.3 Å². The lowest BCUT2D eigenvalue weighted by atomic mass is 10.1. The number of nitrogens with one attached hydrogen (secondary N) is 1. The zero-order valence-corrected chi connectivity index (χ0v) is 15.4. The number of nitrogens with zero attached hydrogens (tertiary/aromatic N) is 2. The second kappa shape index (κ2) is 6.68. The van der Waals surface area contributed by atoms with E-state index in [2.05, 4.69) is 32.3 Å². The Morgan fingerprint density at radius 1 is 1.29 bits per heavy atom. The number of hydrogen-bond acceptors (Lipinski definition) is 4. The third-order valence-corrected chi connectivity index (χ3v) is 4.59. The van der Waals surface area contributed by atoms with Crippen LogP contribution in [0.15, 0.2) is 41.0 Å². The fourth-order valence-electron chi connectivity index (χ4n) is 2.52. The van der Waals surface area contributed by atoms with Gasteiger partial charge in [0.15, 0.2) is 0 Å². The number of aryl methyl sites for hydroxylation is 1. The Balaban J connectivity index is 2.22. The maximum Gasteiger partial charge on any atom is 0.126 e. The molecule has 3 aromatic rings. The Labute approximate surface area is 153 Å². The summed E-state index contributed by atoms with van der Waals surface area (Å²) in [5, 5.41) is 14.2. The number of fused-ring (bicyclic) bond motifs is 1. The monoisotopic (exact) mass is 401 g/mol. The largest absolute Gasteiger partial charge is 0.496 e. The molecule has 0 amide bonds. The molecule has 1 N–H and O–H groups in total. The van der Waals surface area contributed by atoms with E-state index in [0.29, 0.717) is 26.6 Å². The average Bonchev–Trinajstić information content (AvgIpc) is 2.57. The Morgan fingerprint density at radius 2 is 2.04 bits per heavy atom. The number of halogens is 2. The van der Waals surface area contributed by atoms with Gasteiger partial charge in [0, 0.05) is 11.5 Å². The van der Waals surface area contributed by atoms with Gasteiger partial charge in [-0.15, -0.1) is 0 Å². The van der Waals surface area contributed by atoms with Gasteiger partial charge in [0.25, 0.3) is 0 Å². The van der Waals surface area contributed by atoms with Crippen molar-refractivity contribution in [1.82, 2.24) is 4.98 Å². The van der Waals surface area contributed by atoms with Crippen LogP contribution in [0.5, 0.6) is 5.75 Å². The van der Waals surface area contributed by atoms with Crippen molar-refractivity contribution in [2.24, 2.45) is 0 Å². The molecule has 0 aliphatic rings. The number of ether oxygens (including phenoxy) is 1. The highest BCUT2D eigenvalue weighted by Crippen LogP contribution is 2.37. The van der Waals surface area contributed by atoms with E-state index in [1.165, 1.54) is 0 Å². The zero-order chi connectivity index (χ0) is 17.3. The number of nitriles is 1. The van der Waals surface area contributed by atoms with Crippen molar-refractivity contribution in [1.29, 1.82) is 5.26 Å². The molecule has 6 heteroatoms. The lowest BCUT2D eigenvalue weighted by Crippen LogP contribution is -2.00. The fourth-order valence-corrected chi connectivity index (χ4v) is 3.26. The highest BCUT2D eigenvalue weighted by molar-refractivity contribution is 9.10. The molecule has 3 rings (SSSR count). The van der Waals surface area contributed by atoms with Crippen LogP contribution in [-0.4, -0.2) is 12.1 Å². The van der Waals surface area contributed by atoms with Gasteiger partial charge in [-0.05, 0) is 40.5 Å². The lowest BCUT2D eigenvalue weighted by Gasteiger charge is -2.15. The highest BCUT2D eigenvalue weighted by atomic mass is 79.9. The van der Waals surface area contributed by atoms with Gasteiger partial charge in [-0.2, -0.15) is 5.26 Å². The van der Waals surface area contributed by atoms with Crippen LogP contribution in [0.3, 0.4) is 0 Å². The molecular weight excluding hydrogens is 390 g/mol. The van der Waals surface area contributed by atoms with Gasteiger partial charge < -0.3 is 10.1 Å². The first-order chi connectivity index (χ1) is 11.5. The smallest absolute Gasteiger partial charge is 0.126 e. The fraction of sp³-hybridized carbons (Fsp3) is 0.111. The van der Waals surface area contributed by atoms with Crippen molar-refractivity contribution >= 4 is 49.8 Å². The van der Waals surface area contributed by atoms with Crippen molar-refractivity contribution in [3.05, 3.63) is 57.2 Å². The molecule has 0 spiro atoms. The first-order valence-electron chi connectivity index (χ1n) is 7.14. The van der Waals surface area contributed by atoms with Gasteiger partial charge in [-0.3, -0.25) is 0 Å². The molecule has 0 saturated carbocycles. The normalized spacial score (nSPS) is 10.5. The predicted octanol–water partition coefficient (Wildman–Crippen LogP) is 5.58. The minimum Gasteiger partial charge on any atom is -0.496 e. The van der Waals surface area contributed by atoms with Crippen molar-refractivity contribution in [3.8, 4) is 11.8 Å². The number of hydrogen-bond donors (Lipinski definition) is 1. The van der Waals surface area contributed by atoms with Crippen molar-refractivity contribution in [2.75, 3.05) is 12.4 Å². The predicted molar refractivity (Wildman–Crippen MR) is 100 cm³/mol. The van der Waals surface area contributed by atoms with Crippen LogP contribution in [0, 0.1) is 18.3 Å². The third-order valence-electron chi connectivity index (χ3n) is 3.70. The maximum absolute atomic E-state index is 9.53. The molecule has 0 unspecified atom stereocenters. The van der Waals surface area contributed by atoms with Gasteiger partial charge in [-0.25, -0.2) is 4.98 Å². The van der Waals surface area contributed by atoms with Crippen molar-refractivity contribution in [2.45, 2.75) is 6.92 Å². The van der Waals surface area contributed by atoms with Gasteiger partial charge in [0.05, 0.1) is 29.0 Å². The zero-order valence-electron chi connectivity index (χ0n) is 13.0. The second-order valence-corrected chi connectivity index (χ2v) is 6.37. The SMILES string of the molecule is COc1cc(Nc2c(C#N)c(Br)nc3ccccc23)c(Cl)cc1C. The molecule has 1 heterocycles. The number of rotatable bonds is 3. The summed E-state index contributed by atoms with van der Waals surface area (Å²) in [7, 11) is 1.61. The molecule has 0 fully saturated rings. The topological polar surface area (TPSA) is 57.9 Å². The van der Waals surface area contributed by atoms with Crippen molar-refractivity contribution < 1.29 is 4.74 Å². The number of pyridine rings is 1. The summed E-state index contributed by atoms with van der Waals surface area (Å²) in [4.78, 5) is 4.42. The number of aromatic nitrogens is 1. The van der Waals surface area contributed by atoms with Gasteiger partial charge >= 0.3 is 0 Å². The Bertz CT molecular complexity index is 982. The first kappa shape index (κ1) is 16.6. The Morgan fingerprint density at radius 3 is 2.75 bits per heavy atom. The molecule has 0 bridgehead atoms. The number of methoxy groups -OCH3 is 1. The van der Waals surface area contributed by atoms with E-state index in [-0.39, 0.29) is 0 Å². The van der Waals surface area contributed by atoms with Crippen LogP contribution in [0.4, 0.5) is 11.4 Å². The van der Waals surface area contributed by atoms with Crippen LogP contribution < -0.4 is 10.1 Å². The minimum absolute atomic E-state index is 0.421. The number of anilines is 2. The summed E-state index contributed by atoms with van der Waals surface area (Å²) >= 11 is 9.74. The highest BCUT2D eigenvalue weighted by Gasteiger charge is 2.15. The summed E-state index contributed by atoms with van der Waals surface area (Å²) < 4.78 is 5.85. The molecule has 24 heavy (non-hydrogen) atoms. The molecule has 2 aromatic carbocycles. The van der Waals surface area contributed by atoms with Gasteiger partial charge in [0.2, 0.25) is 0 Å². The third kappa shape index (κ3) is 2.91. The summed E-state index contributed by atoms with van der Waals surface area (Å²) in [5.74, 6) is 0.720. The van der Waals surface area contributed by atoms with Gasteiger partial charge in [0.1, 0.15) is 22.0 Å². The number of para-hydroxylation sites is 1. The lowest BCUT2D eigenvalue weighted by molar-refractivity contribution is 0.412. The van der Waals surface area contributed by atoms with E-state index in [1.807, 2.05) is 43.3 Å². The van der Waals surface area contributed by atoms with E-state index in [1.54, 1.807) is 7.11 Å². The molecular formula is C18H13BrClN3O. The van der Waals surface area contributed by atoms with E-state index in [0.717, 1.165) is 22.2 Å². The van der Waals surface area contributed by atoms with E-state index >= 15 is 0 Å². The minimum atomic E-state index is 0.421. The molecule has 0 aliphatic carbocycles. The number of benzene rings is 2. The van der Waals surface area contributed by atoms with Crippen LogP contribution in [-0.2, 0) is 0 Å². The summed E-state index contributed by atoms with van der Waals surface area (Å²) in [6.45, 7) is 1.92. The van der Waals surface area contributed by atoms with Crippen LogP contribution >= 0.6 is 27.5 Å². The van der Waals surface area contributed by atoms with Crippen LogP contribution in [0.2, 0.25) is 5.02 Å². The van der Waals surface area contributed by atoms with Crippen molar-refractivity contribution in [3.63, 3.8) is 0 Å². The molecule has 0 saturated heterocycles. The molecule has 0 aliphatic heterocycles. The van der Waals surface area contributed by atoms with Gasteiger partial charge in [-0.1, -0.05) is 29.8 Å². The maximum atomic E-state index is 9.53. The molecule has 120 valence electrons. The standard InChI is InChI=1S/C18H13BrClN3O/c1-10-7-13(20)15(8-16(10)24-2)22-17-11-5-3-4-6-14(11)23-18(19)12(17)9-21/h3-8H,1-2H3,(H,22,23). The van der Waals surface area contributed by atoms with Crippen LogP contribution in [0.1, 0.15) is 11.1 Å². The Kier molecular flexibility index (Phi) is 4.61. The quantitative estimate of drug-likeness (QED) is 0.581. The summed E-state index contributed by atoms with van der Waals surface area (Å²) in [6, 6.07) is 13.5. The summed E-state index contributed by atoms with van der Waals surface area (Å²) in [6.07, 6.45) is 0. The Hall–Kier alpha value is -2.29. The first-order valence-corrected chi connectivity index (χ1v) is 8.31. The van der Waals surface area contributed by atoms with E-state index < -0.39 is 0 Å². The molecule has 1 aromatic heterocycles. The molecule has 0 atom stereocenters. The van der Waals surface area contributed by atoms with Crippen LogP contribution in [0.25, 0.3) is 10.9 Å². The second-order valence-electron chi connectivity index (χ2n) is 5.21. The average molecular weight is 403 g/mol. The molecule has 4 nitrogen and oxygen atoms in total. The molecule has 0 radical (unpaired) electrons. The van der Waals surface area contributed by atoms with E-state index in [9.17, 15) is 5.26 Å².